The largest absolute Gasteiger partial charge is 0.490 e. The standard InChI is InChI=1S/C21H26N2O4S/c1-12-9-13(2)15(4)19(14(12)3)28(25,26)23-16-7-8-18-17(10-16)22-20(24)21(5,6)11-27-18/h7-10,23H,11H2,1-6H3,(H,22,24). The molecule has 28 heavy (non-hydrogen) atoms. The summed E-state index contributed by atoms with van der Waals surface area (Å²) >= 11 is 0. The highest BCUT2D eigenvalue weighted by molar-refractivity contribution is 7.92. The van der Waals surface area contributed by atoms with E-state index in [1.807, 2.05) is 33.8 Å². The Bertz CT molecular complexity index is 1050. The highest BCUT2D eigenvalue weighted by Gasteiger charge is 2.32. The fourth-order valence-corrected chi connectivity index (χ4v) is 4.89. The average Bonchev–Trinajstić information content (AvgIpc) is 2.69. The van der Waals surface area contributed by atoms with Gasteiger partial charge in [-0.2, -0.15) is 0 Å². The predicted octanol–water partition coefficient (Wildman–Crippen LogP) is 4.08. The first-order valence-electron chi connectivity index (χ1n) is 9.11. The molecule has 0 fully saturated rings. The van der Waals surface area contributed by atoms with Gasteiger partial charge in [0.1, 0.15) is 12.4 Å². The van der Waals surface area contributed by atoms with E-state index < -0.39 is 15.4 Å². The third-order valence-corrected chi connectivity index (χ3v) is 6.90. The first-order chi connectivity index (χ1) is 12.9. The molecule has 150 valence electrons. The second kappa shape index (κ2) is 6.81. The van der Waals surface area contributed by atoms with Gasteiger partial charge in [-0.15, -0.1) is 0 Å². The van der Waals surface area contributed by atoms with E-state index in [9.17, 15) is 13.2 Å². The summed E-state index contributed by atoms with van der Waals surface area (Å²) in [6, 6.07) is 6.87. The molecule has 3 rings (SSSR count). The van der Waals surface area contributed by atoms with Crippen LogP contribution in [0.5, 0.6) is 5.75 Å². The zero-order chi connectivity index (χ0) is 20.9. The molecule has 1 heterocycles. The van der Waals surface area contributed by atoms with Crippen molar-refractivity contribution >= 4 is 27.3 Å². The molecule has 2 aromatic carbocycles. The number of ether oxygens (including phenoxy) is 1. The average molecular weight is 403 g/mol. The summed E-state index contributed by atoms with van der Waals surface area (Å²) in [5, 5.41) is 2.82. The predicted molar refractivity (Wildman–Crippen MR) is 111 cm³/mol. The molecule has 0 spiro atoms. The number of carbonyl (C=O) groups is 1. The fourth-order valence-electron chi connectivity index (χ4n) is 3.22. The van der Waals surface area contributed by atoms with Crippen molar-refractivity contribution in [2.45, 2.75) is 46.4 Å². The van der Waals surface area contributed by atoms with E-state index in [0.29, 0.717) is 22.0 Å². The Morgan fingerprint density at radius 3 is 2.25 bits per heavy atom. The van der Waals surface area contributed by atoms with Crippen LogP contribution in [0.3, 0.4) is 0 Å². The number of aryl methyl sites for hydroxylation is 2. The molecular weight excluding hydrogens is 376 g/mol. The van der Waals surface area contributed by atoms with Crippen molar-refractivity contribution in [3.63, 3.8) is 0 Å². The minimum atomic E-state index is -3.80. The molecule has 0 aliphatic carbocycles. The highest BCUT2D eigenvalue weighted by atomic mass is 32.2. The number of rotatable bonds is 3. The molecule has 0 aromatic heterocycles. The zero-order valence-electron chi connectivity index (χ0n) is 17.1. The Balaban J connectivity index is 1.99. The summed E-state index contributed by atoms with van der Waals surface area (Å²) in [6.45, 7) is 11.3. The molecule has 1 aliphatic heterocycles. The number of hydrogen-bond donors (Lipinski definition) is 2. The first kappa shape index (κ1) is 20.2. The zero-order valence-corrected chi connectivity index (χ0v) is 17.9. The summed E-state index contributed by atoms with van der Waals surface area (Å²) in [6.07, 6.45) is 0. The maximum Gasteiger partial charge on any atom is 0.262 e. The maximum atomic E-state index is 13.1. The molecule has 2 N–H and O–H groups in total. The van der Waals surface area contributed by atoms with E-state index in [2.05, 4.69) is 10.0 Å². The van der Waals surface area contributed by atoms with Gasteiger partial charge in [-0.1, -0.05) is 6.07 Å². The van der Waals surface area contributed by atoms with Crippen molar-refractivity contribution in [3.8, 4) is 5.75 Å². The summed E-state index contributed by atoms with van der Waals surface area (Å²) in [5.74, 6) is 0.341. The molecule has 0 atom stereocenters. The second-order valence-corrected chi connectivity index (χ2v) is 9.65. The van der Waals surface area contributed by atoms with Gasteiger partial charge in [0.2, 0.25) is 5.91 Å². The molecule has 0 saturated heterocycles. The van der Waals surface area contributed by atoms with Gasteiger partial charge in [-0.05, 0) is 82.0 Å². The van der Waals surface area contributed by atoms with Crippen LogP contribution in [0, 0.1) is 33.1 Å². The normalized spacial score (nSPS) is 15.9. The Morgan fingerprint density at radius 1 is 1.04 bits per heavy atom. The lowest BCUT2D eigenvalue weighted by Gasteiger charge is -2.18. The smallest absolute Gasteiger partial charge is 0.262 e. The van der Waals surface area contributed by atoms with Crippen LogP contribution in [0.25, 0.3) is 0 Å². The van der Waals surface area contributed by atoms with Gasteiger partial charge in [0.25, 0.3) is 10.0 Å². The highest BCUT2D eigenvalue weighted by Crippen LogP contribution is 2.35. The van der Waals surface area contributed by atoms with E-state index in [1.165, 1.54) is 0 Å². The van der Waals surface area contributed by atoms with E-state index in [0.717, 1.165) is 22.3 Å². The van der Waals surface area contributed by atoms with E-state index in [4.69, 9.17) is 4.74 Å². The molecule has 0 unspecified atom stereocenters. The van der Waals surface area contributed by atoms with Gasteiger partial charge in [-0.3, -0.25) is 9.52 Å². The number of sulfonamides is 1. The van der Waals surface area contributed by atoms with Crippen LogP contribution in [-0.2, 0) is 14.8 Å². The number of benzene rings is 2. The van der Waals surface area contributed by atoms with Gasteiger partial charge in [-0.25, -0.2) is 8.42 Å². The van der Waals surface area contributed by atoms with Crippen LogP contribution in [0.1, 0.15) is 36.1 Å². The Morgan fingerprint density at radius 2 is 1.64 bits per heavy atom. The summed E-state index contributed by atoms with van der Waals surface area (Å²) in [5.41, 5.74) is 3.44. The van der Waals surface area contributed by atoms with Crippen molar-refractivity contribution in [3.05, 3.63) is 46.5 Å². The lowest BCUT2D eigenvalue weighted by Crippen LogP contribution is -2.33. The minimum absolute atomic E-state index is 0.174. The molecule has 0 saturated carbocycles. The number of carbonyl (C=O) groups excluding carboxylic acids is 1. The van der Waals surface area contributed by atoms with Crippen molar-refractivity contribution in [2.24, 2.45) is 5.41 Å². The Labute approximate surface area is 166 Å². The number of fused-ring (bicyclic) bond motifs is 1. The minimum Gasteiger partial charge on any atom is -0.490 e. The number of hydrogen-bond acceptors (Lipinski definition) is 4. The molecule has 7 heteroatoms. The first-order valence-corrected chi connectivity index (χ1v) is 10.6. The van der Waals surface area contributed by atoms with Crippen LogP contribution in [0.15, 0.2) is 29.2 Å². The quantitative estimate of drug-likeness (QED) is 0.810. The van der Waals surface area contributed by atoms with Gasteiger partial charge in [0.05, 0.1) is 21.7 Å². The summed E-state index contributed by atoms with van der Waals surface area (Å²) in [4.78, 5) is 12.6. The van der Waals surface area contributed by atoms with Crippen LogP contribution < -0.4 is 14.8 Å². The molecule has 1 aliphatic rings. The van der Waals surface area contributed by atoms with Gasteiger partial charge >= 0.3 is 0 Å². The van der Waals surface area contributed by atoms with Gasteiger partial charge < -0.3 is 10.1 Å². The molecular formula is C21H26N2O4S. The van der Waals surface area contributed by atoms with Crippen molar-refractivity contribution in [1.29, 1.82) is 0 Å². The van der Waals surface area contributed by atoms with E-state index in [-0.39, 0.29) is 12.5 Å². The van der Waals surface area contributed by atoms with Crippen molar-refractivity contribution < 1.29 is 17.9 Å². The molecule has 0 radical (unpaired) electrons. The van der Waals surface area contributed by atoms with E-state index >= 15 is 0 Å². The van der Waals surface area contributed by atoms with Gasteiger partial charge in [0.15, 0.2) is 0 Å². The maximum absolute atomic E-state index is 13.1. The van der Waals surface area contributed by atoms with Crippen molar-refractivity contribution in [2.75, 3.05) is 16.6 Å². The third kappa shape index (κ3) is 3.58. The number of nitrogens with one attached hydrogen (secondary N) is 2. The van der Waals surface area contributed by atoms with Crippen LogP contribution >= 0.6 is 0 Å². The summed E-state index contributed by atoms with van der Waals surface area (Å²) < 4.78 is 34.6. The van der Waals surface area contributed by atoms with Crippen LogP contribution in [0.4, 0.5) is 11.4 Å². The van der Waals surface area contributed by atoms with Crippen LogP contribution in [0.2, 0.25) is 0 Å². The van der Waals surface area contributed by atoms with Gasteiger partial charge in [0, 0.05) is 0 Å². The third-order valence-electron chi connectivity index (χ3n) is 5.25. The van der Waals surface area contributed by atoms with Crippen molar-refractivity contribution in [1.82, 2.24) is 0 Å². The number of anilines is 2. The topological polar surface area (TPSA) is 84.5 Å². The molecule has 6 nitrogen and oxygen atoms in total. The molecule has 2 aromatic rings. The second-order valence-electron chi connectivity index (χ2n) is 8.03. The number of amides is 1. The Kier molecular flexibility index (Phi) is 4.91. The monoisotopic (exact) mass is 402 g/mol. The lowest BCUT2D eigenvalue weighted by atomic mass is 9.94. The Hall–Kier alpha value is -2.54. The molecule has 1 amide bonds. The van der Waals surface area contributed by atoms with Crippen LogP contribution in [-0.4, -0.2) is 20.9 Å². The summed E-state index contributed by atoms with van der Waals surface area (Å²) in [7, 11) is -3.80. The fraction of sp³-hybridized carbons (Fsp3) is 0.381. The SMILES string of the molecule is Cc1cc(C)c(C)c(S(=O)(=O)Nc2ccc3c(c2)NC(=O)C(C)(C)CO3)c1C. The molecule has 0 bridgehead atoms. The van der Waals surface area contributed by atoms with E-state index in [1.54, 1.807) is 32.0 Å². The lowest BCUT2D eigenvalue weighted by molar-refractivity contribution is -0.124.